The van der Waals surface area contributed by atoms with Gasteiger partial charge in [0.2, 0.25) is 5.91 Å². The van der Waals surface area contributed by atoms with E-state index in [0.29, 0.717) is 5.15 Å². The van der Waals surface area contributed by atoms with Gasteiger partial charge in [-0.15, -0.1) is 0 Å². The predicted octanol–water partition coefficient (Wildman–Crippen LogP) is 1.74. The second kappa shape index (κ2) is 2.28. The van der Waals surface area contributed by atoms with E-state index >= 15 is 0 Å². The highest BCUT2D eigenvalue weighted by Crippen LogP contribution is 2.56. The summed E-state index contributed by atoms with van der Waals surface area (Å²) in [6, 6.07) is 1.77. The van der Waals surface area contributed by atoms with Gasteiger partial charge in [-0.25, -0.2) is 4.98 Å². The molecule has 1 aliphatic heterocycles. The van der Waals surface area contributed by atoms with Crippen molar-refractivity contribution in [1.82, 2.24) is 4.98 Å². The summed E-state index contributed by atoms with van der Waals surface area (Å²) in [5, 5.41) is 0.445. The third-order valence-corrected chi connectivity index (χ3v) is 3.40. The molecular weight excluding hydrogens is 200 g/mol. The Balaban J connectivity index is 2.26. The number of nitrogens with zero attached hydrogens (tertiary/aromatic N) is 2. The fourth-order valence-electron chi connectivity index (χ4n) is 2.22. The van der Waals surface area contributed by atoms with Crippen LogP contribution < -0.4 is 4.90 Å². The number of amides is 1. The zero-order chi connectivity index (χ0) is 9.92. The first-order valence-corrected chi connectivity index (χ1v) is 4.97. The molecule has 2 heterocycles. The summed E-state index contributed by atoms with van der Waals surface area (Å²) in [6.07, 6.45) is 3.64. The lowest BCUT2D eigenvalue weighted by atomic mass is 10.0. The first kappa shape index (κ1) is 8.24. The van der Waals surface area contributed by atoms with Crippen LogP contribution in [0, 0.1) is 0 Å². The number of carbonyl (C=O) groups excluding carboxylic acids is 1. The molecular formula is C10H9ClN2O. The molecule has 4 heteroatoms. The van der Waals surface area contributed by atoms with E-state index in [1.54, 1.807) is 24.2 Å². The minimum atomic E-state index is -0.234. The van der Waals surface area contributed by atoms with Crippen LogP contribution in [0.4, 0.5) is 5.69 Å². The number of likely N-dealkylation sites (N-methyl/N-ethyl adjacent to an activating group) is 1. The fraction of sp³-hybridized carbons (Fsp3) is 0.400. The maximum absolute atomic E-state index is 11.9. The van der Waals surface area contributed by atoms with E-state index in [4.69, 9.17) is 11.6 Å². The second-order valence-electron chi connectivity index (χ2n) is 3.97. The van der Waals surface area contributed by atoms with Crippen LogP contribution in [0.15, 0.2) is 12.3 Å². The maximum Gasteiger partial charge on any atom is 0.237 e. The number of carbonyl (C=O) groups is 1. The van der Waals surface area contributed by atoms with Crippen LogP contribution in [0.25, 0.3) is 0 Å². The normalized spacial score (nSPS) is 21.6. The molecule has 0 unspecified atom stereocenters. The summed E-state index contributed by atoms with van der Waals surface area (Å²) >= 11 is 5.80. The fourth-order valence-corrected chi connectivity index (χ4v) is 2.37. The second-order valence-corrected chi connectivity index (χ2v) is 4.36. The van der Waals surface area contributed by atoms with Crippen LogP contribution in [-0.4, -0.2) is 17.9 Å². The van der Waals surface area contributed by atoms with Crippen molar-refractivity contribution in [3.05, 3.63) is 23.0 Å². The van der Waals surface area contributed by atoms with Crippen LogP contribution in [0.1, 0.15) is 18.4 Å². The standard InChI is InChI=1S/C10H9ClN2O/c1-13-7-4-8(11)12-5-6(7)10(2-3-10)9(13)14/h4-5H,2-3H2,1H3. The smallest absolute Gasteiger partial charge is 0.237 e. The highest BCUT2D eigenvalue weighted by molar-refractivity contribution is 6.30. The summed E-state index contributed by atoms with van der Waals surface area (Å²) in [6.45, 7) is 0. The summed E-state index contributed by atoms with van der Waals surface area (Å²) in [5.41, 5.74) is 1.74. The Morgan fingerprint density at radius 1 is 1.57 bits per heavy atom. The Kier molecular flexibility index (Phi) is 1.34. The van der Waals surface area contributed by atoms with Gasteiger partial charge in [-0.2, -0.15) is 0 Å². The quantitative estimate of drug-likeness (QED) is 0.609. The third-order valence-electron chi connectivity index (χ3n) is 3.19. The molecule has 72 valence electrons. The Bertz CT molecular complexity index is 440. The topological polar surface area (TPSA) is 33.2 Å². The van der Waals surface area contributed by atoms with Gasteiger partial charge in [0.05, 0.1) is 11.1 Å². The minimum absolute atomic E-state index is 0.191. The zero-order valence-electron chi connectivity index (χ0n) is 7.75. The molecule has 1 fully saturated rings. The number of rotatable bonds is 0. The summed E-state index contributed by atoms with van der Waals surface area (Å²) < 4.78 is 0. The van der Waals surface area contributed by atoms with Crippen molar-refractivity contribution in [1.29, 1.82) is 0 Å². The largest absolute Gasteiger partial charge is 0.314 e. The molecule has 0 N–H and O–H groups in total. The van der Waals surface area contributed by atoms with E-state index < -0.39 is 0 Å². The molecule has 0 aromatic carbocycles. The van der Waals surface area contributed by atoms with Crippen molar-refractivity contribution in [3.8, 4) is 0 Å². The molecule has 0 saturated heterocycles. The van der Waals surface area contributed by atoms with Crippen LogP contribution >= 0.6 is 11.6 Å². The van der Waals surface area contributed by atoms with Crippen LogP contribution in [-0.2, 0) is 10.2 Å². The number of hydrogen-bond donors (Lipinski definition) is 0. The Labute approximate surface area is 86.7 Å². The van der Waals surface area contributed by atoms with E-state index in [2.05, 4.69) is 4.98 Å². The van der Waals surface area contributed by atoms with Gasteiger partial charge in [0.15, 0.2) is 0 Å². The van der Waals surface area contributed by atoms with E-state index in [1.165, 1.54) is 0 Å². The number of fused-ring (bicyclic) bond motifs is 2. The van der Waals surface area contributed by atoms with Crippen molar-refractivity contribution >= 4 is 23.2 Å². The Morgan fingerprint density at radius 2 is 2.29 bits per heavy atom. The molecule has 2 aliphatic rings. The maximum atomic E-state index is 11.9. The molecule has 14 heavy (non-hydrogen) atoms. The molecule has 0 atom stereocenters. The molecule has 0 radical (unpaired) electrons. The first-order valence-electron chi connectivity index (χ1n) is 4.59. The first-order chi connectivity index (χ1) is 6.65. The van der Waals surface area contributed by atoms with Gasteiger partial charge in [0, 0.05) is 18.8 Å². The molecule has 1 aromatic rings. The van der Waals surface area contributed by atoms with E-state index in [9.17, 15) is 4.79 Å². The van der Waals surface area contributed by atoms with Crippen molar-refractivity contribution in [2.24, 2.45) is 0 Å². The van der Waals surface area contributed by atoms with E-state index in [1.807, 2.05) is 0 Å². The SMILES string of the molecule is CN1C(=O)C2(CC2)c2cnc(Cl)cc21. The van der Waals surface area contributed by atoms with Crippen LogP contribution in [0.3, 0.4) is 0 Å². The van der Waals surface area contributed by atoms with Crippen molar-refractivity contribution in [3.63, 3.8) is 0 Å². The summed E-state index contributed by atoms with van der Waals surface area (Å²) in [4.78, 5) is 17.6. The average molecular weight is 209 g/mol. The number of halogens is 1. The molecule has 1 spiro atoms. The molecule has 0 bridgehead atoms. The van der Waals surface area contributed by atoms with Gasteiger partial charge < -0.3 is 4.90 Å². The number of hydrogen-bond acceptors (Lipinski definition) is 2. The molecule has 1 aromatic heterocycles. The monoisotopic (exact) mass is 208 g/mol. The minimum Gasteiger partial charge on any atom is -0.314 e. The predicted molar refractivity (Wildman–Crippen MR) is 53.6 cm³/mol. The van der Waals surface area contributed by atoms with Crippen LogP contribution in [0.2, 0.25) is 5.15 Å². The number of aromatic nitrogens is 1. The van der Waals surface area contributed by atoms with Crippen LogP contribution in [0.5, 0.6) is 0 Å². The lowest BCUT2D eigenvalue weighted by Crippen LogP contribution is -2.27. The molecule has 3 rings (SSSR count). The number of anilines is 1. The van der Waals surface area contributed by atoms with Gasteiger partial charge in [-0.3, -0.25) is 4.79 Å². The highest BCUT2D eigenvalue weighted by atomic mass is 35.5. The van der Waals surface area contributed by atoms with Crippen molar-refractivity contribution in [2.75, 3.05) is 11.9 Å². The van der Waals surface area contributed by atoms with Gasteiger partial charge in [-0.05, 0) is 18.9 Å². The third kappa shape index (κ3) is 0.786. The van der Waals surface area contributed by atoms with Crippen molar-refractivity contribution in [2.45, 2.75) is 18.3 Å². The van der Waals surface area contributed by atoms with E-state index in [0.717, 1.165) is 24.1 Å². The van der Waals surface area contributed by atoms with Crippen molar-refractivity contribution < 1.29 is 4.79 Å². The Morgan fingerprint density at radius 3 is 2.93 bits per heavy atom. The molecule has 1 amide bonds. The molecule has 1 saturated carbocycles. The number of pyridine rings is 1. The average Bonchev–Trinajstić information content (AvgIpc) is 2.93. The van der Waals surface area contributed by atoms with Gasteiger partial charge >= 0.3 is 0 Å². The summed E-state index contributed by atoms with van der Waals surface area (Å²) in [7, 11) is 1.80. The van der Waals surface area contributed by atoms with Gasteiger partial charge in [0.1, 0.15) is 5.15 Å². The zero-order valence-corrected chi connectivity index (χ0v) is 8.51. The van der Waals surface area contributed by atoms with Gasteiger partial charge in [-0.1, -0.05) is 11.6 Å². The summed E-state index contributed by atoms with van der Waals surface area (Å²) in [5.74, 6) is 0.191. The molecule has 3 nitrogen and oxygen atoms in total. The van der Waals surface area contributed by atoms with Gasteiger partial charge in [0.25, 0.3) is 0 Å². The molecule has 1 aliphatic carbocycles. The van der Waals surface area contributed by atoms with E-state index in [-0.39, 0.29) is 11.3 Å². The lowest BCUT2D eigenvalue weighted by molar-refractivity contribution is -0.119. The Hall–Kier alpha value is -1.09. The highest BCUT2D eigenvalue weighted by Gasteiger charge is 2.58. The lowest BCUT2D eigenvalue weighted by Gasteiger charge is -2.09.